The first kappa shape index (κ1) is 30.7. The van der Waals surface area contributed by atoms with Gasteiger partial charge in [-0.15, -0.1) is 0 Å². The van der Waals surface area contributed by atoms with Crippen LogP contribution in [0.2, 0.25) is 0 Å². The predicted octanol–water partition coefficient (Wildman–Crippen LogP) is 0.528. The van der Waals surface area contributed by atoms with Crippen molar-refractivity contribution in [2.75, 3.05) is 92.1 Å². The van der Waals surface area contributed by atoms with Gasteiger partial charge < -0.3 is 30.4 Å². The second-order valence-corrected chi connectivity index (χ2v) is 7.40. The van der Waals surface area contributed by atoms with Crippen LogP contribution in [0.1, 0.15) is 32.6 Å². The quantitative estimate of drug-likeness (QED) is 0.156. The maximum Gasteiger partial charge on any atom is 0.0645 e. The van der Waals surface area contributed by atoms with Gasteiger partial charge in [-0.3, -0.25) is 9.80 Å². The highest BCUT2D eigenvalue weighted by molar-refractivity contribution is 4.69. The molecule has 0 aliphatic carbocycles. The lowest BCUT2D eigenvalue weighted by Gasteiger charge is -2.27. The van der Waals surface area contributed by atoms with Crippen LogP contribution in [-0.2, 0) is 18.9 Å². The molecule has 0 aliphatic rings. The Morgan fingerprint density at radius 3 is 1.41 bits per heavy atom. The lowest BCUT2D eigenvalue weighted by atomic mass is 10.4. The fourth-order valence-corrected chi connectivity index (χ4v) is 2.74. The smallest absolute Gasteiger partial charge is 0.0645 e. The minimum Gasteiger partial charge on any atom is -0.380 e. The van der Waals surface area contributed by atoms with Gasteiger partial charge in [-0.2, -0.15) is 10.5 Å². The Bertz CT molecular complexity index is 484. The van der Waals surface area contributed by atoms with Gasteiger partial charge in [0.1, 0.15) is 0 Å². The van der Waals surface area contributed by atoms with E-state index in [1.54, 1.807) is 0 Å². The Morgan fingerprint density at radius 2 is 1.03 bits per heavy atom. The van der Waals surface area contributed by atoms with Gasteiger partial charge >= 0.3 is 0 Å². The van der Waals surface area contributed by atoms with E-state index in [1.807, 2.05) is 0 Å². The van der Waals surface area contributed by atoms with E-state index < -0.39 is 0 Å². The zero-order valence-corrected chi connectivity index (χ0v) is 19.9. The van der Waals surface area contributed by atoms with Crippen molar-refractivity contribution in [3.63, 3.8) is 0 Å². The summed E-state index contributed by atoms with van der Waals surface area (Å²) in [7, 11) is 0. The molecule has 10 nitrogen and oxygen atoms in total. The molecule has 186 valence electrons. The second kappa shape index (κ2) is 24.3. The summed E-state index contributed by atoms with van der Waals surface area (Å²) < 4.78 is 22.4. The number of ether oxygens (including phenoxy) is 4. The molecule has 0 saturated heterocycles. The molecule has 0 aliphatic heterocycles. The fraction of sp³-hybridized carbons (Fsp3) is 0.909. The normalized spacial score (nSPS) is 11.4. The van der Waals surface area contributed by atoms with Crippen molar-refractivity contribution in [3.8, 4) is 12.1 Å². The Balaban J connectivity index is 4.48. The lowest BCUT2D eigenvalue weighted by molar-refractivity contribution is 0.0546. The molecule has 0 aromatic carbocycles. The Kier molecular flexibility index (Phi) is 23.3. The molecule has 0 radical (unpaired) electrons. The zero-order chi connectivity index (χ0) is 23.7. The highest BCUT2D eigenvalue weighted by atomic mass is 16.5. The van der Waals surface area contributed by atoms with Gasteiger partial charge in [0.2, 0.25) is 0 Å². The van der Waals surface area contributed by atoms with Gasteiger partial charge in [-0.25, -0.2) is 0 Å². The van der Waals surface area contributed by atoms with E-state index >= 15 is 0 Å². The van der Waals surface area contributed by atoms with Crippen LogP contribution in [0.15, 0.2) is 0 Å². The summed E-state index contributed by atoms with van der Waals surface area (Å²) in [4.78, 5) is 4.62. The molecule has 32 heavy (non-hydrogen) atoms. The van der Waals surface area contributed by atoms with E-state index in [2.05, 4.69) is 28.9 Å². The summed E-state index contributed by atoms with van der Waals surface area (Å²) in [5, 5.41) is 17.3. The first-order valence-electron chi connectivity index (χ1n) is 11.6. The number of hydrogen-bond acceptors (Lipinski definition) is 10. The highest BCUT2D eigenvalue weighted by Crippen LogP contribution is 1.97. The van der Waals surface area contributed by atoms with Gasteiger partial charge in [0, 0.05) is 52.5 Å². The summed E-state index contributed by atoms with van der Waals surface area (Å²) in [6.45, 7) is 11.7. The summed E-state index contributed by atoms with van der Waals surface area (Å²) in [5.74, 6) is 0. The zero-order valence-electron chi connectivity index (χ0n) is 19.9. The molecule has 0 bridgehead atoms. The van der Waals surface area contributed by atoms with E-state index in [0.29, 0.717) is 65.5 Å². The Hall–Kier alpha value is -1.34. The number of nitriles is 2. The molecule has 0 aromatic heterocycles. The van der Waals surface area contributed by atoms with Gasteiger partial charge in [0.25, 0.3) is 0 Å². The van der Waals surface area contributed by atoms with Crippen molar-refractivity contribution in [2.45, 2.75) is 38.8 Å². The third kappa shape index (κ3) is 21.9. The van der Waals surface area contributed by atoms with Crippen LogP contribution >= 0.6 is 0 Å². The van der Waals surface area contributed by atoms with Crippen molar-refractivity contribution in [2.24, 2.45) is 11.5 Å². The molecule has 0 aromatic rings. The minimum atomic E-state index is -0.349. The van der Waals surface area contributed by atoms with Gasteiger partial charge in [0.15, 0.2) is 0 Å². The van der Waals surface area contributed by atoms with Gasteiger partial charge in [-0.05, 0) is 12.8 Å². The van der Waals surface area contributed by atoms with Crippen LogP contribution in [-0.4, -0.2) is 108 Å². The largest absolute Gasteiger partial charge is 0.380 e. The molecular formula is C22H44N6O4. The molecule has 4 N–H and O–H groups in total. The van der Waals surface area contributed by atoms with Crippen molar-refractivity contribution in [1.82, 2.24) is 9.80 Å². The molecule has 0 atom stereocenters. The highest BCUT2D eigenvalue weighted by Gasteiger charge is 2.10. The molecule has 0 heterocycles. The molecule has 0 spiro atoms. The predicted molar refractivity (Wildman–Crippen MR) is 124 cm³/mol. The molecule has 0 fully saturated rings. The van der Waals surface area contributed by atoms with Crippen LogP contribution in [0, 0.1) is 22.7 Å². The second-order valence-electron chi connectivity index (χ2n) is 7.40. The summed E-state index contributed by atoms with van der Waals surface area (Å²) >= 11 is 0. The van der Waals surface area contributed by atoms with Crippen molar-refractivity contribution in [3.05, 3.63) is 0 Å². The Labute approximate surface area is 194 Å². The number of nitrogens with two attached hydrogens (primary N) is 2. The molecule has 0 saturated carbocycles. The van der Waals surface area contributed by atoms with E-state index in [4.69, 9.17) is 40.9 Å². The van der Waals surface area contributed by atoms with Crippen LogP contribution in [0.5, 0.6) is 0 Å². The average molecular weight is 457 g/mol. The number of hydrogen-bond donors (Lipinski definition) is 2. The number of nitrogens with zero attached hydrogens (tertiary/aromatic N) is 4. The van der Waals surface area contributed by atoms with Crippen molar-refractivity contribution in [1.29, 1.82) is 10.5 Å². The van der Waals surface area contributed by atoms with Crippen LogP contribution < -0.4 is 11.5 Å². The maximum absolute atomic E-state index is 8.63. The fourth-order valence-electron chi connectivity index (χ4n) is 2.74. The first-order chi connectivity index (χ1) is 15.6. The molecular weight excluding hydrogens is 412 g/mol. The third-order valence-corrected chi connectivity index (χ3v) is 4.60. The third-order valence-electron chi connectivity index (χ3n) is 4.60. The maximum atomic E-state index is 8.63. The van der Waals surface area contributed by atoms with Gasteiger partial charge in [-0.1, -0.05) is 6.92 Å². The van der Waals surface area contributed by atoms with Crippen LogP contribution in [0.4, 0.5) is 0 Å². The van der Waals surface area contributed by atoms with Crippen LogP contribution in [0.25, 0.3) is 0 Å². The van der Waals surface area contributed by atoms with E-state index in [9.17, 15) is 0 Å². The monoisotopic (exact) mass is 456 g/mol. The van der Waals surface area contributed by atoms with Crippen molar-refractivity contribution < 1.29 is 18.9 Å². The summed E-state index contributed by atoms with van der Waals surface area (Å²) in [6.07, 6.45) is 2.10. The molecule has 0 amide bonds. The summed E-state index contributed by atoms with van der Waals surface area (Å²) in [6, 6.07) is 4.18. The van der Waals surface area contributed by atoms with Crippen LogP contribution in [0.3, 0.4) is 0 Å². The minimum absolute atomic E-state index is 0.349. The standard InChI is InChI=1S/C22H44N6O4/c1-2-14-29-18-10-27(11-19-30-15-3-6-23)8-9-28(12-20-31-16-4-7-24)13-21-32-17-5-22(25)26/h22H,2-5,8-21,25-26H2,1H3. The molecule has 0 unspecified atom stereocenters. The van der Waals surface area contributed by atoms with E-state index in [0.717, 1.165) is 52.3 Å². The SMILES string of the molecule is CCCOCCN(CCOCCC#N)CCN(CCOCCC#N)CCOCCC(N)N. The average Bonchev–Trinajstić information content (AvgIpc) is 2.78. The van der Waals surface area contributed by atoms with E-state index in [-0.39, 0.29) is 6.17 Å². The molecule has 0 rings (SSSR count). The first-order valence-corrected chi connectivity index (χ1v) is 11.6. The Morgan fingerprint density at radius 1 is 0.625 bits per heavy atom. The van der Waals surface area contributed by atoms with Gasteiger partial charge in [0.05, 0.1) is 70.8 Å². The summed E-state index contributed by atoms with van der Waals surface area (Å²) in [5.41, 5.74) is 11.1. The molecule has 10 heteroatoms. The number of rotatable bonds is 24. The van der Waals surface area contributed by atoms with E-state index in [1.165, 1.54) is 0 Å². The topological polar surface area (TPSA) is 143 Å². The van der Waals surface area contributed by atoms with Crippen molar-refractivity contribution >= 4 is 0 Å². The lowest BCUT2D eigenvalue weighted by Crippen LogP contribution is -2.41.